The van der Waals surface area contributed by atoms with E-state index >= 15 is 0 Å². The van der Waals surface area contributed by atoms with E-state index < -0.39 is 11.0 Å². The second kappa shape index (κ2) is 5.25. The predicted octanol–water partition coefficient (Wildman–Crippen LogP) is 3.22. The highest BCUT2D eigenvalue weighted by atomic mass is 16.6. The van der Waals surface area contributed by atoms with E-state index in [1.165, 1.54) is 0 Å². The molecule has 23 heavy (non-hydrogen) atoms. The average molecular weight is 316 g/mol. The highest BCUT2D eigenvalue weighted by Gasteiger charge is 2.49. The number of nitrogens with one attached hydrogen (secondary N) is 1. The number of hydrogen-bond donors (Lipinski definition) is 1. The van der Waals surface area contributed by atoms with Crippen molar-refractivity contribution in [2.75, 3.05) is 18.4 Å². The summed E-state index contributed by atoms with van der Waals surface area (Å²) < 4.78 is 5.43. The van der Waals surface area contributed by atoms with Crippen LogP contribution in [0, 0.1) is 6.92 Å². The molecule has 1 saturated heterocycles. The summed E-state index contributed by atoms with van der Waals surface area (Å²) in [6.07, 6.45) is 0.970. The number of benzene rings is 1. The van der Waals surface area contributed by atoms with Crippen LogP contribution in [0.1, 0.15) is 44.7 Å². The van der Waals surface area contributed by atoms with Gasteiger partial charge in [-0.05, 0) is 57.7 Å². The molecule has 1 fully saturated rings. The van der Waals surface area contributed by atoms with Crippen molar-refractivity contribution in [1.29, 1.82) is 0 Å². The zero-order chi connectivity index (χ0) is 16.8. The molecule has 5 heteroatoms. The maximum absolute atomic E-state index is 12.6. The van der Waals surface area contributed by atoms with Crippen LogP contribution in [0.3, 0.4) is 0 Å². The van der Waals surface area contributed by atoms with Gasteiger partial charge in [-0.3, -0.25) is 4.79 Å². The Morgan fingerprint density at radius 1 is 1.26 bits per heavy atom. The molecule has 1 aromatic carbocycles. The molecule has 0 saturated carbocycles. The van der Waals surface area contributed by atoms with E-state index in [0.29, 0.717) is 25.9 Å². The standard InChI is InChI=1S/C18H24N2O3/c1-12-5-6-13-14(11-12)19-15(21)18(13)7-9-20(10-8-18)16(22)23-17(2,3)4/h5-6,11H,7-10H2,1-4H3,(H,19,21). The summed E-state index contributed by atoms with van der Waals surface area (Å²) in [6, 6.07) is 6.11. The van der Waals surface area contributed by atoms with Gasteiger partial charge in [0, 0.05) is 18.8 Å². The van der Waals surface area contributed by atoms with E-state index in [1.807, 2.05) is 45.9 Å². The Bertz CT molecular complexity index is 653. The Morgan fingerprint density at radius 3 is 2.52 bits per heavy atom. The van der Waals surface area contributed by atoms with Gasteiger partial charge in [-0.1, -0.05) is 12.1 Å². The topological polar surface area (TPSA) is 58.6 Å². The third-order valence-corrected chi connectivity index (χ3v) is 4.64. The summed E-state index contributed by atoms with van der Waals surface area (Å²) in [6.45, 7) is 8.67. The summed E-state index contributed by atoms with van der Waals surface area (Å²) in [5.41, 5.74) is 2.12. The first-order valence-corrected chi connectivity index (χ1v) is 8.12. The molecule has 2 aliphatic heterocycles. The van der Waals surface area contributed by atoms with Gasteiger partial charge >= 0.3 is 6.09 Å². The minimum atomic E-state index is -0.499. The van der Waals surface area contributed by atoms with Gasteiger partial charge in [0.2, 0.25) is 5.91 Å². The van der Waals surface area contributed by atoms with Gasteiger partial charge in [-0.25, -0.2) is 4.79 Å². The molecule has 0 atom stereocenters. The minimum absolute atomic E-state index is 0.0574. The molecular weight excluding hydrogens is 292 g/mol. The van der Waals surface area contributed by atoms with Crippen molar-refractivity contribution in [3.63, 3.8) is 0 Å². The number of nitrogens with zero attached hydrogens (tertiary/aromatic N) is 1. The van der Waals surface area contributed by atoms with Crippen LogP contribution in [0.5, 0.6) is 0 Å². The SMILES string of the molecule is Cc1ccc2c(c1)NC(=O)C21CCN(C(=O)OC(C)(C)C)CC1. The molecule has 0 aromatic heterocycles. The highest BCUT2D eigenvalue weighted by Crippen LogP contribution is 2.45. The van der Waals surface area contributed by atoms with Crippen LogP contribution in [-0.4, -0.2) is 35.6 Å². The molecule has 5 nitrogen and oxygen atoms in total. The van der Waals surface area contributed by atoms with Crippen LogP contribution in [0.4, 0.5) is 10.5 Å². The number of anilines is 1. The second-order valence-corrected chi connectivity index (χ2v) is 7.55. The number of piperidine rings is 1. The third-order valence-electron chi connectivity index (χ3n) is 4.64. The van der Waals surface area contributed by atoms with Crippen molar-refractivity contribution in [3.8, 4) is 0 Å². The Kier molecular flexibility index (Phi) is 3.62. The first-order valence-electron chi connectivity index (χ1n) is 8.12. The van der Waals surface area contributed by atoms with Crippen molar-refractivity contribution in [2.24, 2.45) is 0 Å². The monoisotopic (exact) mass is 316 g/mol. The Hall–Kier alpha value is -2.04. The third kappa shape index (κ3) is 2.80. The fourth-order valence-electron chi connectivity index (χ4n) is 3.44. The Morgan fingerprint density at radius 2 is 1.91 bits per heavy atom. The van der Waals surface area contributed by atoms with Crippen LogP contribution in [-0.2, 0) is 14.9 Å². The molecule has 0 bridgehead atoms. The van der Waals surface area contributed by atoms with Crippen LogP contribution in [0.2, 0.25) is 0 Å². The number of likely N-dealkylation sites (tertiary alicyclic amines) is 1. The highest BCUT2D eigenvalue weighted by molar-refractivity contribution is 6.06. The van der Waals surface area contributed by atoms with Crippen molar-refractivity contribution < 1.29 is 14.3 Å². The number of carbonyl (C=O) groups excluding carboxylic acids is 2. The van der Waals surface area contributed by atoms with Crippen LogP contribution < -0.4 is 5.32 Å². The molecule has 0 radical (unpaired) electrons. The van der Waals surface area contributed by atoms with Crippen molar-refractivity contribution in [3.05, 3.63) is 29.3 Å². The lowest BCUT2D eigenvalue weighted by Crippen LogP contribution is -2.49. The fourth-order valence-corrected chi connectivity index (χ4v) is 3.44. The van der Waals surface area contributed by atoms with Crippen LogP contribution in [0.15, 0.2) is 18.2 Å². The van der Waals surface area contributed by atoms with E-state index in [9.17, 15) is 9.59 Å². The summed E-state index contributed by atoms with van der Waals surface area (Å²) >= 11 is 0. The number of fused-ring (bicyclic) bond motifs is 2. The fraction of sp³-hybridized carbons (Fsp3) is 0.556. The number of amides is 2. The summed E-state index contributed by atoms with van der Waals surface area (Å²) in [5, 5.41) is 3.01. The van der Waals surface area contributed by atoms with E-state index in [4.69, 9.17) is 4.74 Å². The quantitative estimate of drug-likeness (QED) is 0.799. The largest absolute Gasteiger partial charge is 0.444 e. The Balaban J connectivity index is 1.76. The molecule has 3 rings (SSSR count). The number of rotatable bonds is 0. The van der Waals surface area contributed by atoms with E-state index in [0.717, 1.165) is 16.8 Å². The molecule has 1 N–H and O–H groups in total. The van der Waals surface area contributed by atoms with E-state index in [2.05, 4.69) is 5.32 Å². The van der Waals surface area contributed by atoms with E-state index in [-0.39, 0.29) is 12.0 Å². The smallest absolute Gasteiger partial charge is 0.410 e. The summed E-state index contributed by atoms with van der Waals surface area (Å²) in [5.74, 6) is 0.0574. The zero-order valence-corrected chi connectivity index (χ0v) is 14.2. The van der Waals surface area contributed by atoms with Gasteiger partial charge in [0.15, 0.2) is 0 Å². The molecule has 2 heterocycles. The molecule has 2 aliphatic rings. The molecule has 2 amide bonds. The molecular formula is C18H24N2O3. The zero-order valence-electron chi connectivity index (χ0n) is 14.2. The lowest BCUT2D eigenvalue weighted by atomic mass is 9.73. The number of carbonyl (C=O) groups is 2. The van der Waals surface area contributed by atoms with Gasteiger partial charge in [0.25, 0.3) is 0 Å². The predicted molar refractivity (Wildman–Crippen MR) is 88.5 cm³/mol. The summed E-state index contributed by atoms with van der Waals surface area (Å²) in [4.78, 5) is 26.5. The first kappa shape index (κ1) is 15.8. The number of hydrogen-bond acceptors (Lipinski definition) is 3. The van der Waals surface area contributed by atoms with E-state index in [1.54, 1.807) is 4.90 Å². The van der Waals surface area contributed by atoms with Crippen molar-refractivity contribution in [1.82, 2.24) is 4.90 Å². The normalized spacial score (nSPS) is 19.5. The van der Waals surface area contributed by atoms with Crippen molar-refractivity contribution in [2.45, 2.75) is 51.6 Å². The van der Waals surface area contributed by atoms with Gasteiger partial charge in [0.1, 0.15) is 5.60 Å². The second-order valence-electron chi connectivity index (χ2n) is 7.55. The Labute approximate surface area is 137 Å². The molecule has 124 valence electrons. The van der Waals surface area contributed by atoms with Gasteiger partial charge in [-0.2, -0.15) is 0 Å². The van der Waals surface area contributed by atoms with Crippen LogP contribution >= 0.6 is 0 Å². The first-order chi connectivity index (χ1) is 10.7. The van der Waals surface area contributed by atoms with Gasteiger partial charge < -0.3 is 15.0 Å². The summed E-state index contributed by atoms with van der Waals surface area (Å²) in [7, 11) is 0. The maximum Gasteiger partial charge on any atom is 0.410 e. The minimum Gasteiger partial charge on any atom is -0.444 e. The van der Waals surface area contributed by atoms with Crippen LogP contribution in [0.25, 0.3) is 0 Å². The maximum atomic E-state index is 12.6. The average Bonchev–Trinajstić information content (AvgIpc) is 2.70. The molecule has 1 aromatic rings. The molecule has 0 aliphatic carbocycles. The van der Waals surface area contributed by atoms with Gasteiger partial charge in [-0.15, -0.1) is 0 Å². The molecule has 1 spiro atoms. The van der Waals surface area contributed by atoms with Gasteiger partial charge in [0.05, 0.1) is 5.41 Å². The van der Waals surface area contributed by atoms with Crippen molar-refractivity contribution >= 4 is 17.7 Å². The number of ether oxygens (including phenoxy) is 1. The lowest BCUT2D eigenvalue weighted by Gasteiger charge is -2.38. The number of aryl methyl sites for hydroxylation is 1. The molecule has 0 unspecified atom stereocenters. The lowest BCUT2D eigenvalue weighted by molar-refractivity contribution is -0.122.